The van der Waals surface area contributed by atoms with Gasteiger partial charge >= 0.3 is 0 Å². The van der Waals surface area contributed by atoms with E-state index in [1.807, 2.05) is 13.8 Å². The van der Waals surface area contributed by atoms with E-state index in [0.717, 1.165) is 17.1 Å². The second-order valence-electron chi connectivity index (χ2n) is 3.90. The third kappa shape index (κ3) is 2.58. The molecule has 2 rings (SSSR count). The fraction of sp³-hybridized carbons (Fsp3) is 0.250. The predicted molar refractivity (Wildman–Crippen MR) is 66.8 cm³/mol. The Kier molecular flexibility index (Phi) is 3.33. The highest BCUT2D eigenvalue weighted by Gasteiger charge is 2.07. The number of aromatic nitrogens is 2. The van der Waals surface area contributed by atoms with E-state index in [-0.39, 0.29) is 5.82 Å². The predicted octanol–water partition coefficient (Wildman–Crippen LogP) is 3.43. The Morgan fingerprint density at radius 2 is 2.18 bits per heavy atom. The summed E-state index contributed by atoms with van der Waals surface area (Å²) >= 11 is 5.69. The first kappa shape index (κ1) is 11.9. The molecule has 2 N–H and O–H groups in total. The lowest BCUT2D eigenvalue weighted by molar-refractivity contribution is 0.613. The number of aromatic amines is 1. The van der Waals surface area contributed by atoms with Gasteiger partial charge in [0.1, 0.15) is 5.82 Å². The molecule has 3 nitrogen and oxygen atoms in total. The molecule has 0 saturated heterocycles. The van der Waals surface area contributed by atoms with Crippen molar-refractivity contribution in [1.29, 1.82) is 0 Å². The first-order chi connectivity index (χ1) is 8.08. The van der Waals surface area contributed by atoms with Crippen LogP contribution in [0, 0.1) is 19.7 Å². The van der Waals surface area contributed by atoms with Gasteiger partial charge in [0.05, 0.1) is 17.1 Å². The number of nitrogens with zero attached hydrogens (tertiary/aromatic N) is 1. The number of hydrogen-bond donors (Lipinski definition) is 2. The SMILES string of the molecule is Cc1n[nH]c(C)c1NCc1ccc(Cl)cc1F. The van der Waals surface area contributed by atoms with Gasteiger partial charge in [-0.2, -0.15) is 5.10 Å². The van der Waals surface area contributed by atoms with Crippen molar-refractivity contribution in [1.82, 2.24) is 10.2 Å². The van der Waals surface area contributed by atoms with Crippen LogP contribution in [0.2, 0.25) is 5.02 Å². The molecule has 0 saturated carbocycles. The third-order valence-corrected chi connectivity index (χ3v) is 2.83. The molecule has 90 valence electrons. The number of nitrogens with one attached hydrogen (secondary N) is 2. The molecule has 5 heteroatoms. The lowest BCUT2D eigenvalue weighted by atomic mass is 10.2. The second kappa shape index (κ2) is 4.75. The van der Waals surface area contributed by atoms with Crippen LogP contribution in [0.5, 0.6) is 0 Å². The maximum Gasteiger partial charge on any atom is 0.129 e. The standard InChI is InChI=1S/C12H13ClFN3/c1-7-12(8(2)17-16-7)15-6-9-3-4-10(13)5-11(9)14/h3-5,15H,6H2,1-2H3,(H,16,17). The Morgan fingerprint density at radius 3 is 2.76 bits per heavy atom. The summed E-state index contributed by atoms with van der Waals surface area (Å²) in [6.07, 6.45) is 0. The molecule has 0 bridgehead atoms. The zero-order valence-corrected chi connectivity index (χ0v) is 10.4. The quantitative estimate of drug-likeness (QED) is 0.880. The van der Waals surface area contributed by atoms with Crippen LogP contribution in [0.3, 0.4) is 0 Å². The number of benzene rings is 1. The summed E-state index contributed by atoms with van der Waals surface area (Å²) in [7, 11) is 0. The van der Waals surface area contributed by atoms with Gasteiger partial charge in [0.2, 0.25) is 0 Å². The van der Waals surface area contributed by atoms with Crippen LogP contribution in [-0.2, 0) is 6.54 Å². The van der Waals surface area contributed by atoms with Crippen molar-refractivity contribution in [2.75, 3.05) is 5.32 Å². The second-order valence-corrected chi connectivity index (χ2v) is 4.33. The zero-order valence-electron chi connectivity index (χ0n) is 9.64. The highest BCUT2D eigenvalue weighted by Crippen LogP contribution is 2.19. The third-order valence-electron chi connectivity index (χ3n) is 2.60. The van der Waals surface area contributed by atoms with Gasteiger partial charge in [-0.05, 0) is 26.0 Å². The molecule has 0 atom stereocenters. The van der Waals surface area contributed by atoms with E-state index in [9.17, 15) is 4.39 Å². The monoisotopic (exact) mass is 253 g/mol. The van der Waals surface area contributed by atoms with Crippen molar-refractivity contribution in [3.05, 3.63) is 46.0 Å². The van der Waals surface area contributed by atoms with Crippen LogP contribution in [0.4, 0.5) is 10.1 Å². The molecule has 0 aliphatic rings. The smallest absolute Gasteiger partial charge is 0.129 e. The van der Waals surface area contributed by atoms with E-state index in [4.69, 9.17) is 11.6 Å². The van der Waals surface area contributed by atoms with Gasteiger partial charge in [0.15, 0.2) is 0 Å². The lowest BCUT2D eigenvalue weighted by Gasteiger charge is -2.07. The molecule has 0 radical (unpaired) electrons. The van der Waals surface area contributed by atoms with Gasteiger partial charge in [0.25, 0.3) is 0 Å². The van der Waals surface area contributed by atoms with Crippen molar-refractivity contribution in [3.63, 3.8) is 0 Å². The molecule has 17 heavy (non-hydrogen) atoms. The largest absolute Gasteiger partial charge is 0.378 e. The van der Waals surface area contributed by atoms with E-state index in [1.165, 1.54) is 6.07 Å². The van der Waals surface area contributed by atoms with Crippen LogP contribution >= 0.6 is 11.6 Å². The maximum atomic E-state index is 13.5. The normalized spacial score (nSPS) is 10.6. The number of anilines is 1. The van der Waals surface area contributed by atoms with E-state index in [1.54, 1.807) is 12.1 Å². The molecule has 1 heterocycles. The van der Waals surface area contributed by atoms with Crippen LogP contribution in [0.25, 0.3) is 0 Å². The zero-order chi connectivity index (χ0) is 12.4. The maximum absolute atomic E-state index is 13.5. The number of hydrogen-bond acceptors (Lipinski definition) is 2. The minimum absolute atomic E-state index is 0.302. The van der Waals surface area contributed by atoms with Crippen molar-refractivity contribution in [3.8, 4) is 0 Å². The molecule has 1 aromatic heterocycles. The van der Waals surface area contributed by atoms with Crippen LogP contribution < -0.4 is 5.32 Å². The number of H-pyrrole nitrogens is 1. The summed E-state index contributed by atoms with van der Waals surface area (Å²) in [6, 6.07) is 4.67. The Morgan fingerprint density at radius 1 is 1.41 bits per heavy atom. The summed E-state index contributed by atoms with van der Waals surface area (Å²) < 4.78 is 13.5. The first-order valence-corrected chi connectivity index (χ1v) is 5.65. The lowest BCUT2D eigenvalue weighted by Crippen LogP contribution is -2.03. The molecule has 0 fully saturated rings. The van der Waals surface area contributed by atoms with Crippen molar-refractivity contribution < 1.29 is 4.39 Å². The fourth-order valence-corrected chi connectivity index (χ4v) is 1.82. The average molecular weight is 254 g/mol. The minimum Gasteiger partial charge on any atom is -0.378 e. The van der Waals surface area contributed by atoms with E-state index >= 15 is 0 Å². The Balaban J connectivity index is 2.13. The number of rotatable bonds is 3. The minimum atomic E-state index is -0.302. The van der Waals surface area contributed by atoms with Crippen molar-refractivity contribution in [2.24, 2.45) is 0 Å². The molecule has 0 unspecified atom stereocenters. The molecular formula is C12H13ClFN3. The molecular weight excluding hydrogens is 241 g/mol. The van der Waals surface area contributed by atoms with Crippen LogP contribution in [0.15, 0.2) is 18.2 Å². The highest BCUT2D eigenvalue weighted by molar-refractivity contribution is 6.30. The van der Waals surface area contributed by atoms with E-state index in [0.29, 0.717) is 17.1 Å². The van der Waals surface area contributed by atoms with Crippen LogP contribution in [-0.4, -0.2) is 10.2 Å². The topological polar surface area (TPSA) is 40.7 Å². The molecule has 0 amide bonds. The van der Waals surface area contributed by atoms with Crippen LogP contribution in [0.1, 0.15) is 17.0 Å². The molecule has 0 aliphatic carbocycles. The van der Waals surface area contributed by atoms with Gasteiger partial charge in [-0.1, -0.05) is 17.7 Å². The Hall–Kier alpha value is -1.55. The first-order valence-electron chi connectivity index (χ1n) is 5.27. The molecule has 1 aromatic carbocycles. The summed E-state index contributed by atoms with van der Waals surface area (Å²) in [5.74, 6) is -0.302. The Labute approximate surface area is 104 Å². The Bertz CT molecular complexity index is 517. The van der Waals surface area contributed by atoms with E-state index in [2.05, 4.69) is 15.5 Å². The van der Waals surface area contributed by atoms with E-state index < -0.39 is 0 Å². The molecule has 0 spiro atoms. The van der Waals surface area contributed by atoms with Gasteiger partial charge in [0, 0.05) is 17.1 Å². The molecule has 2 aromatic rings. The average Bonchev–Trinajstić information content (AvgIpc) is 2.58. The van der Waals surface area contributed by atoms with Gasteiger partial charge < -0.3 is 5.32 Å². The number of halogens is 2. The van der Waals surface area contributed by atoms with Gasteiger partial charge in [-0.3, -0.25) is 5.10 Å². The summed E-state index contributed by atoms with van der Waals surface area (Å²) in [5, 5.41) is 10.5. The number of aryl methyl sites for hydroxylation is 2. The summed E-state index contributed by atoms with van der Waals surface area (Å²) in [6.45, 7) is 4.22. The summed E-state index contributed by atoms with van der Waals surface area (Å²) in [5.41, 5.74) is 3.31. The fourth-order valence-electron chi connectivity index (χ4n) is 1.66. The van der Waals surface area contributed by atoms with Gasteiger partial charge in [-0.25, -0.2) is 4.39 Å². The summed E-state index contributed by atoms with van der Waals surface area (Å²) in [4.78, 5) is 0. The van der Waals surface area contributed by atoms with Gasteiger partial charge in [-0.15, -0.1) is 0 Å². The van der Waals surface area contributed by atoms with Crippen molar-refractivity contribution in [2.45, 2.75) is 20.4 Å². The highest BCUT2D eigenvalue weighted by atomic mass is 35.5. The van der Waals surface area contributed by atoms with Crippen molar-refractivity contribution >= 4 is 17.3 Å². The molecule has 0 aliphatic heterocycles.